The van der Waals surface area contributed by atoms with Crippen LogP contribution in [0.1, 0.15) is 22.8 Å². The van der Waals surface area contributed by atoms with Crippen LogP contribution in [0.15, 0.2) is 43.0 Å². The van der Waals surface area contributed by atoms with Gasteiger partial charge in [-0.1, -0.05) is 18.7 Å². The number of rotatable bonds is 9. The van der Waals surface area contributed by atoms with Crippen LogP contribution in [-0.2, 0) is 35.1 Å². The Morgan fingerprint density at radius 1 is 1.00 bits per heavy atom. The number of fused-ring (bicyclic) bond motifs is 3. The van der Waals surface area contributed by atoms with Gasteiger partial charge in [0.25, 0.3) is 0 Å². The Morgan fingerprint density at radius 2 is 1.74 bits per heavy atom. The normalized spacial score (nSPS) is 21.2. The van der Waals surface area contributed by atoms with Crippen molar-refractivity contribution in [3.8, 4) is 39.9 Å². The third-order valence-electron chi connectivity index (χ3n) is 7.59. The monoisotopic (exact) mass is 638 g/mol. The molecule has 1 unspecified atom stereocenters. The predicted molar refractivity (Wildman–Crippen MR) is 156 cm³/mol. The number of hydrogen-bond donors (Lipinski definition) is 1. The second-order valence-electron chi connectivity index (χ2n) is 10.3. The number of cyclic esters (lactones) is 1. The topological polar surface area (TPSA) is 164 Å². The fourth-order valence-electron chi connectivity index (χ4n) is 5.60. The van der Waals surface area contributed by atoms with Gasteiger partial charge in [-0.15, -0.1) is 0 Å². The van der Waals surface area contributed by atoms with Crippen molar-refractivity contribution in [1.82, 2.24) is 0 Å². The molecule has 14 nitrogen and oxygen atoms in total. The molecule has 3 aliphatic rings. The largest absolute Gasteiger partial charge is 0.509 e. The van der Waals surface area contributed by atoms with Gasteiger partial charge < -0.3 is 52.5 Å². The van der Waals surface area contributed by atoms with Crippen LogP contribution in [0.2, 0.25) is 0 Å². The van der Waals surface area contributed by atoms with Crippen LogP contribution in [0.4, 0.5) is 4.79 Å². The van der Waals surface area contributed by atoms with E-state index < -0.39 is 42.7 Å². The van der Waals surface area contributed by atoms with E-state index in [0.717, 1.165) is 6.92 Å². The first kappa shape index (κ1) is 30.8. The van der Waals surface area contributed by atoms with Crippen molar-refractivity contribution < 1.29 is 66.9 Å². The van der Waals surface area contributed by atoms with E-state index in [2.05, 4.69) is 6.58 Å². The van der Waals surface area contributed by atoms with E-state index in [1.165, 1.54) is 20.3 Å². The Morgan fingerprint density at radius 3 is 2.46 bits per heavy atom. The number of benzene rings is 3. The highest BCUT2D eigenvalue weighted by Gasteiger charge is 2.46. The van der Waals surface area contributed by atoms with E-state index in [9.17, 15) is 19.5 Å². The minimum absolute atomic E-state index is 0.0669. The minimum Gasteiger partial charge on any atom is -0.493 e. The molecule has 0 saturated carbocycles. The lowest BCUT2D eigenvalue weighted by atomic mass is 9.89. The van der Waals surface area contributed by atoms with E-state index in [0.29, 0.717) is 50.5 Å². The first-order valence-corrected chi connectivity index (χ1v) is 14.1. The lowest BCUT2D eigenvalue weighted by Gasteiger charge is -2.38. The molecule has 1 fully saturated rings. The molecule has 1 saturated heterocycles. The second kappa shape index (κ2) is 12.7. The molecule has 46 heavy (non-hydrogen) atoms. The summed E-state index contributed by atoms with van der Waals surface area (Å²) in [6.07, 6.45) is -5.42. The second-order valence-corrected chi connectivity index (χ2v) is 10.3. The number of aliphatic hydroxyl groups is 1. The third-order valence-corrected chi connectivity index (χ3v) is 7.59. The summed E-state index contributed by atoms with van der Waals surface area (Å²) in [7, 11) is 2.96. The lowest BCUT2D eigenvalue weighted by molar-refractivity contribution is -0.250. The SMILES string of the molecule is C=CCOC(=O)O[C@@H]1COC(Oc2c3c(c(-c4ccc5c(c4)OCO5)c4cc(OC)c(OC)cc24)C(=O)OC3)[C@H](O)[C@H]1OC(C)=O. The van der Waals surface area contributed by atoms with Crippen LogP contribution in [0.3, 0.4) is 0 Å². The summed E-state index contributed by atoms with van der Waals surface area (Å²) in [6.45, 7) is 4.08. The highest BCUT2D eigenvalue weighted by Crippen LogP contribution is 2.49. The molecule has 3 heterocycles. The molecule has 1 N–H and O–H groups in total. The molecular formula is C32H30O14. The summed E-state index contributed by atoms with van der Waals surface area (Å²) in [5.41, 5.74) is 1.76. The summed E-state index contributed by atoms with van der Waals surface area (Å²) in [5.74, 6) is 0.612. The number of hydrogen-bond acceptors (Lipinski definition) is 14. The van der Waals surface area contributed by atoms with Gasteiger partial charge >= 0.3 is 18.1 Å². The van der Waals surface area contributed by atoms with Crippen molar-refractivity contribution >= 4 is 28.9 Å². The first-order valence-electron chi connectivity index (χ1n) is 14.1. The molecule has 0 radical (unpaired) electrons. The molecule has 0 aliphatic carbocycles. The van der Waals surface area contributed by atoms with Gasteiger partial charge in [0.15, 0.2) is 41.3 Å². The molecule has 0 aromatic heterocycles. The third kappa shape index (κ3) is 5.56. The number of ether oxygens (including phenoxy) is 10. The van der Waals surface area contributed by atoms with Gasteiger partial charge in [0.05, 0.1) is 26.4 Å². The number of esters is 2. The van der Waals surface area contributed by atoms with Gasteiger partial charge in [-0.2, -0.15) is 0 Å². The zero-order valence-electron chi connectivity index (χ0n) is 25.1. The lowest BCUT2D eigenvalue weighted by Crippen LogP contribution is -2.57. The number of carbonyl (C=O) groups excluding carboxylic acids is 3. The van der Waals surface area contributed by atoms with Gasteiger partial charge in [-0.3, -0.25) is 4.79 Å². The Bertz CT molecular complexity index is 1720. The average Bonchev–Trinajstić information content (AvgIpc) is 3.68. The molecule has 3 aromatic rings. The highest BCUT2D eigenvalue weighted by atomic mass is 16.8. The van der Waals surface area contributed by atoms with Crippen molar-refractivity contribution in [3.05, 3.63) is 54.1 Å². The Labute approximate surface area is 262 Å². The molecule has 242 valence electrons. The van der Waals surface area contributed by atoms with Crippen molar-refractivity contribution in [2.75, 3.05) is 34.2 Å². The molecule has 0 bridgehead atoms. The molecule has 3 aliphatic heterocycles. The Kier molecular flexibility index (Phi) is 8.47. The summed E-state index contributed by atoms with van der Waals surface area (Å²) < 4.78 is 55.3. The van der Waals surface area contributed by atoms with E-state index in [4.69, 9.17) is 47.4 Å². The standard InChI is InChI=1S/C32H30O14/c1-5-8-39-32(36)45-24-13-41-31(27(34)29(24)44-15(2)33)46-28-18-11-22(38-4)21(37-3)10-17(18)25(26-19(28)12-40-30(26)35)16-6-7-20-23(9-16)43-14-42-20/h5-7,9-11,24,27,29,31,34H,1,8,12-14H2,2-4H3/t24-,27-,29+,31?/m1/s1. The summed E-state index contributed by atoms with van der Waals surface area (Å²) in [4.78, 5) is 37.4. The van der Waals surface area contributed by atoms with Gasteiger partial charge in [-0.25, -0.2) is 9.59 Å². The van der Waals surface area contributed by atoms with E-state index in [-0.39, 0.29) is 37.9 Å². The molecule has 0 amide bonds. The van der Waals surface area contributed by atoms with Crippen molar-refractivity contribution in [2.24, 2.45) is 0 Å². The van der Waals surface area contributed by atoms with Gasteiger partial charge in [0, 0.05) is 23.4 Å². The zero-order valence-corrected chi connectivity index (χ0v) is 25.1. The number of aliphatic hydroxyl groups excluding tert-OH is 1. The van der Waals surface area contributed by atoms with Crippen molar-refractivity contribution in [2.45, 2.75) is 38.1 Å². The number of carbonyl (C=O) groups is 3. The van der Waals surface area contributed by atoms with E-state index in [1.807, 2.05) is 0 Å². The van der Waals surface area contributed by atoms with Crippen LogP contribution in [0, 0.1) is 0 Å². The average molecular weight is 639 g/mol. The maximum Gasteiger partial charge on any atom is 0.509 e. The fraction of sp³-hybridized carbons (Fsp3) is 0.344. The maximum absolute atomic E-state index is 13.3. The molecule has 3 aromatic carbocycles. The maximum atomic E-state index is 13.3. The smallest absolute Gasteiger partial charge is 0.493 e. The fourth-order valence-corrected chi connectivity index (χ4v) is 5.60. The summed E-state index contributed by atoms with van der Waals surface area (Å²) >= 11 is 0. The van der Waals surface area contributed by atoms with Crippen LogP contribution in [-0.4, -0.2) is 82.0 Å². The minimum atomic E-state index is -1.65. The summed E-state index contributed by atoms with van der Waals surface area (Å²) in [6, 6.07) is 8.67. The zero-order chi connectivity index (χ0) is 32.5. The molecule has 4 atom stereocenters. The molecular weight excluding hydrogens is 608 g/mol. The predicted octanol–water partition coefficient (Wildman–Crippen LogP) is 3.66. The highest BCUT2D eigenvalue weighted by molar-refractivity contribution is 6.14. The quantitative estimate of drug-likeness (QED) is 0.205. The Balaban J connectivity index is 1.45. The Hall–Kier alpha value is -5.21. The van der Waals surface area contributed by atoms with Gasteiger partial charge in [0.2, 0.25) is 13.1 Å². The molecule has 6 rings (SSSR count). The van der Waals surface area contributed by atoms with Crippen molar-refractivity contribution in [3.63, 3.8) is 0 Å². The van der Waals surface area contributed by atoms with Crippen LogP contribution in [0.25, 0.3) is 21.9 Å². The van der Waals surface area contributed by atoms with E-state index in [1.54, 1.807) is 30.3 Å². The van der Waals surface area contributed by atoms with Gasteiger partial charge in [-0.05, 0) is 35.2 Å². The summed E-state index contributed by atoms with van der Waals surface area (Å²) in [5, 5.41) is 12.3. The van der Waals surface area contributed by atoms with Crippen LogP contribution < -0.4 is 23.7 Å². The van der Waals surface area contributed by atoms with Gasteiger partial charge in [0.1, 0.15) is 19.0 Å². The van der Waals surface area contributed by atoms with E-state index >= 15 is 0 Å². The van der Waals surface area contributed by atoms with Crippen LogP contribution >= 0.6 is 0 Å². The first-order chi connectivity index (χ1) is 22.2. The number of methoxy groups -OCH3 is 2. The molecule has 0 spiro atoms. The van der Waals surface area contributed by atoms with Crippen LogP contribution in [0.5, 0.6) is 28.7 Å². The molecule has 14 heteroatoms. The van der Waals surface area contributed by atoms with Crippen molar-refractivity contribution in [1.29, 1.82) is 0 Å².